The SMILES string of the molecule is CCN(CC)CCCC(C)Nc1c2ccccc2nc2c(OC)ccc(C)c12. The number of nitrogens with one attached hydrogen (secondary N) is 1. The average molecular weight is 380 g/mol. The van der Waals surface area contributed by atoms with Crippen molar-refractivity contribution in [3.8, 4) is 5.75 Å². The molecule has 4 nitrogen and oxygen atoms in total. The van der Waals surface area contributed by atoms with Gasteiger partial charge in [-0.1, -0.05) is 38.1 Å². The number of hydrogen-bond acceptors (Lipinski definition) is 4. The van der Waals surface area contributed by atoms with Crippen LogP contribution in [0.1, 0.15) is 39.2 Å². The molecular formula is C24H33N3O. The van der Waals surface area contributed by atoms with Crippen molar-refractivity contribution in [3.63, 3.8) is 0 Å². The number of para-hydroxylation sites is 1. The maximum Gasteiger partial charge on any atom is 0.145 e. The minimum Gasteiger partial charge on any atom is -0.494 e. The molecule has 0 fully saturated rings. The lowest BCUT2D eigenvalue weighted by molar-refractivity contribution is 0.295. The predicted octanol–water partition coefficient (Wildman–Crippen LogP) is 5.63. The van der Waals surface area contributed by atoms with E-state index in [0.717, 1.165) is 48.2 Å². The fraction of sp³-hybridized carbons (Fsp3) is 0.458. The summed E-state index contributed by atoms with van der Waals surface area (Å²) < 4.78 is 5.61. The number of hydrogen-bond donors (Lipinski definition) is 1. The van der Waals surface area contributed by atoms with Gasteiger partial charge in [0, 0.05) is 16.8 Å². The van der Waals surface area contributed by atoms with Gasteiger partial charge >= 0.3 is 0 Å². The topological polar surface area (TPSA) is 37.4 Å². The molecule has 1 heterocycles. The van der Waals surface area contributed by atoms with Gasteiger partial charge < -0.3 is 15.0 Å². The van der Waals surface area contributed by atoms with Gasteiger partial charge in [0.1, 0.15) is 11.3 Å². The van der Waals surface area contributed by atoms with Crippen molar-refractivity contribution in [1.29, 1.82) is 0 Å². The molecule has 0 aliphatic heterocycles. The maximum absolute atomic E-state index is 5.61. The predicted molar refractivity (Wildman–Crippen MR) is 121 cm³/mol. The molecule has 1 unspecified atom stereocenters. The summed E-state index contributed by atoms with van der Waals surface area (Å²) in [5.74, 6) is 0.823. The summed E-state index contributed by atoms with van der Waals surface area (Å²) in [6.45, 7) is 12.3. The summed E-state index contributed by atoms with van der Waals surface area (Å²) in [5.41, 5.74) is 4.31. The second-order valence-corrected chi connectivity index (χ2v) is 7.53. The molecule has 28 heavy (non-hydrogen) atoms. The number of anilines is 1. The summed E-state index contributed by atoms with van der Waals surface area (Å²) in [5, 5.41) is 6.14. The van der Waals surface area contributed by atoms with E-state index < -0.39 is 0 Å². The Balaban J connectivity index is 1.96. The van der Waals surface area contributed by atoms with Crippen LogP contribution in [0.25, 0.3) is 21.8 Å². The highest BCUT2D eigenvalue weighted by atomic mass is 16.5. The van der Waals surface area contributed by atoms with Gasteiger partial charge in [0.15, 0.2) is 0 Å². The average Bonchev–Trinajstić information content (AvgIpc) is 2.71. The Labute approximate surface area is 168 Å². The van der Waals surface area contributed by atoms with Gasteiger partial charge in [-0.2, -0.15) is 0 Å². The van der Waals surface area contributed by atoms with Gasteiger partial charge in [-0.3, -0.25) is 0 Å². The third kappa shape index (κ3) is 4.22. The maximum atomic E-state index is 5.61. The molecule has 1 N–H and O–H groups in total. The highest BCUT2D eigenvalue weighted by Crippen LogP contribution is 2.37. The van der Waals surface area contributed by atoms with Gasteiger partial charge in [0.2, 0.25) is 0 Å². The van der Waals surface area contributed by atoms with E-state index in [4.69, 9.17) is 9.72 Å². The van der Waals surface area contributed by atoms with E-state index in [2.05, 4.69) is 62.2 Å². The summed E-state index contributed by atoms with van der Waals surface area (Å²) in [7, 11) is 1.71. The molecule has 0 aliphatic rings. The number of pyridine rings is 1. The Morgan fingerprint density at radius 1 is 1.11 bits per heavy atom. The van der Waals surface area contributed by atoms with Crippen LogP contribution < -0.4 is 10.1 Å². The zero-order valence-electron chi connectivity index (χ0n) is 17.9. The van der Waals surface area contributed by atoms with E-state index in [9.17, 15) is 0 Å². The standard InChI is InChI=1S/C24H33N3O/c1-6-27(7-2)16-10-11-18(4)25-23-19-12-8-9-13-20(19)26-24-21(28-5)15-14-17(3)22(23)24/h8-9,12-15,18H,6-7,10-11,16H2,1-5H3,(H,25,26). The van der Waals surface area contributed by atoms with E-state index in [-0.39, 0.29) is 0 Å². The third-order valence-electron chi connectivity index (χ3n) is 5.62. The first kappa shape index (κ1) is 20.4. The molecular weight excluding hydrogens is 346 g/mol. The highest BCUT2D eigenvalue weighted by Gasteiger charge is 2.16. The van der Waals surface area contributed by atoms with Gasteiger partial charge in [-0.15, -0.1) is 0 Å². The minimum atomic E-state index is 0.384. The Morgan fingerprint density at radius 2 is 1.86 bits per heavy atom. The van der Waals surface area contributed by atoms with Gasteiger partial charge in [-0.25, -0.2) is 4.98 Å². The fourth-order valence-electron chi connectivity index (χ4n) is 3.93. The van der Waals surface area contributed by atoms with Crippen LogP contribution in [0.3, 0.4) is 0 Å². The van der Waals surface area contributed by atoms with Crippen LogP contribution in [-0.4, -0.2) is 42.7 Å². The van der Waals surface area contributed by atoms with E-state index in [1.165, 1.54) is 23.1 Å². The molecule has 0 saturated heterocycles. The van der Waals surface area contributed by atoms with E-state index >= 15 is 0 Å². The second kappa shape index (κ2) is 9.24. The van der Waals surface area contributed by atoms with Gasteiger partial charge in [0.05, 0.1) is 18.3 Å². The van der Waals surface area contributed by atoms with E-state index in [0.29, 0.717) is 6.04 Å². The van der Waals surface area contributed by atoms with Crippen molar-refractivity contribution >= 4 is 27.5 Å². The summed E-state index contributed by atoms with van der Waals surface area (Å²) in [4.78, 5) is 7.40. The lowest BCUT2D eigenvalue weighted by Crippen LogP contribution is -2.25. The minimum absolute atomic E-state index is 0.384. The molecule has 150 valence electrons. The largest absolute Gasteiger partial charge is 0.494 e. The van der Waals surface area contributed by atoms with Crippen molar-refractivity contribution < 1.29 is 4.74 Å². The quantitative estimate of drug-likeness (QED) is 0.489. The highest BCUT2D eigenvalue weighted by molar-refractivity contribution is 6.10. The number of fused-ring (bicyclic) bond motifs is 2. The second-order valence-electron chi connectivity index (χ2n) is 7.53. The van der Waals surface area contributed by atoms with Crippen LogP contribution in [0.5, 0.6) is 5.75 Å². The van der Waals surface area contributed by atoms with Crippen molar-refractivity contribution in [3.05, 3.63) is 42.0 Å². The van der Waals surface area contributed by atoms with Crippen LogP contribution in [-0.2, 0) is 0 Å². The molecule has 0 spiro atoms. The molecule has 0 aliphatic carbocycles. The number of aromatic nitrogens is 1. The number of ether oxygens (including phenoxy) is 1. The lowest BCUT2D eigenvalue weighted by atomic mass is 10.0. The molecule has 0 radical (unpaired) electrons. The Morgan fingerprint density at radius 3 is 2.57 bits per heavy atom. The zero-order chi connectivity index (χ0) is 20.1. The first-order chi connectivity index (χ1) is 13.6. The molecule has 3 aromatic rings. The molecule has 1 atom stereocenters. The van der Waals surface area contributed by atoms with Crippen LogP contribution >= 0.6 is 0 Å². The van der Waals surface area contributed by atoms with Crippen LogP contribution in [0.15, 0.2) is 36.4 Å². The first-order valence-electron chi connectivity index (χ1n) is 10.4. The normalized spacial score (nSPS) is 12.6. The van der Waals surface area contributed by atoms with Crippen molar-refractivity contribution in [2.24, 2.45) is 0 Å². The van der Waals surface area contributed by atoms with E-state index in [1.54, 1.807) is 7.11 Å². The van der Waals surface area contributed by atoms with Gasteiger partial charge in [-0.05, 0) is 64.0 Å². The van der Waals surface area contributed by atoms with E-state index in [1.807, 2.05) is 12.1 Å². The number of nitrogens with zero attached hydrogens (tertiary/aromatic N) is 2. The molecule has 0 bridgehead atoms. The molecule has 2 aromatic carbocycles. The molecule has 1 aromatic heterocycles. The molecule has 3 rings (SSSR count). The summed E-state index contributed by atoms with van der Waals surface area (Å²) in [6, 6.07) is 12.9. The third-order valence-corrected chi connectivity index (χ3v) is 5.62. The van der Waals surface area contributed by atoms with Crippen molar-refractivity contribution in [1.82, 2.24) is 9.88 Å². The number of rotatable bonds is 9. The molecule has 0 saturated carbocycles. The van der Waals surface area contributed by atoms with Crippen molar-refractivity contribution in [2.45, 2.75) is 46.6 Å². The smallest absolute Gasteiger partial charge is 0.145 e. The van der Waals surface area contributed by atoms with Crippen LogP contribution in [0.2, 0.25) is 0 Å². The summed E-state index contributed by atoms with van der Waals surface area (Å²) >= 11 is 0. The Hall–Kier alpha value is -2.33. The number of benzene rings is 2. The molecule has 0 amide bonds. The Kier molecular flexibility index (Phi) is 6.74. The number of aryl methyl sites for hydroxylation is 1. The van der Waals surface area contributed by atoms with Crippen LogP contribution in [0.4, 0.5) is 5.69 Å². The monoisotopic (exact) mass is 379 g/mol. The van der Waals surface area contributed by atoms with Crippen molar-refractivity contribution in [2.75, 3.05) is 32.1 Å². The van der Waals surface area contributed by atoms with Gasteiger partial charge in [0.25, 0.3) is 0 Å². The zero-order valence-corrected chi connectivity index (χ0v) is 17.9. The fourth-order valence-corrected chi connectivity index (χ4v) is 3.93. The Bertz CT molecular complexity index is 934. The lowest BCUT2D eigenvalue weighted by Gasteiger charge is -2.22. The molecule has 4 heteroatoms. The van der Waals surface area contributed by atoms with Crippen LogP contribution in [0, 0.1) is 6.92 Å². The summed E-state index contributed by atoms with van der Waals surface area (Å²) in [6.07, 6.45) is 2.33. The number of methoxy groups -OCH3 is 1. The first-order valence-corrected chi connectivity index (χ1v) is 10.4.